The number of nitrogens with zero attached hydrogens (tertiary/aromatic N) is 5. The fourth-order valence-corrected chi connectivity index (χ4v) is 5.14. The summed E-state index contributed by atoms with van der Waals surface area (Å²) in [6, 6.07) is 4.51. The summed E-state index contributed by atoms with van der Waals surface area (Å²) in [4.78, 5) is 7.98. The van der Waals surface area contributed by atoms with Crippen LogP contribution >= 0.6 is 11.3 Å². The normalized spacial score (nSPS) is 22.7. The molecule has 2 fully saturated rings. The van der Waals surface area contributed by atoms with Gasteiger partial charge in [-0.3, -0.25) is 9.80 Å². The van der Waals surface area contributed by atoms with E-state index in [4.69, 9.17) is 0 Å². The highest BCUT2D eigenvalue weighted by Gasteiger charge is 2.26. The summed E-state index contributed by atoms with van der Waals surface area (Å²) >= 11 is 1.92. The predicted molar refractivity (Wildman–Crippen MR) is 102 cm³/mol. The monoisotopic (exact) mass is 359 g/mol. The second kappa shape index (κ2) is 7.56. The van der Waals surface area contributed by atoms with Crippen molar-refractivity contribution in [3.05, 3.63) is 33.5 Å². The molecule has 2 aromatic heterocycles. The van der Waals surface area contributed by atoms with Crippen molar-refractivity contribution in [2.45, 2.75) is 51.6 Å². The van der Waals surface area contributed by atoms with Crippen molar-refractivity contribution in [2.24, 2.45) is 7.05 Å². The van der Waals surface area contributed by atoms with Crippen LogP contribution in [0.4, 0.5) is 0 Å². The second-order valence-electron chi connectivity index (χ2n) is 7.60. The van der Waals surface area contributed by atoms with Gasteiger partial charge in [-0.2, -0.15) is 0 Å². The molecule has 0 N–H and O–H groups in total. The van der Waals surface area contributed by atoms with Gasteiger partial charge in [0.05, 0.1) is 6.54 Å². The van der Waals surface area contributed by atoms with Gasteiger partial charge in [0.15, 0.2) is 0 Å². The molecule has 0 aromatic carbocycles. The largest absolute Gasteiger partial charge is 0.317 e. The zero-order chi connectivity index (χ0) is 17.2. The summed E-state index contributed by atoms with van der Waals surface area (Å²) in [7, 11) is 2.16. The van der Waals surface area contributed by atoms with Crippen molar-refractivity contribution in [3.63, 3.8) is 0 Å². The summed E-state index contributed by atoms with van der Waals surface area (Å²) in [5.74, 6) is 2.82. The fraction of sp³-hybridized carbons (Fsp3) is 0.684. The molecule has 6 heteroatoms. The van der Waals surface area contributed by atoms with E-state index in [0.29, 0.717) is 5.92 Å². The van der Waals surface area contributed by atoms with Crippen LogP contribution in [-0.4, -0.2) is 50.7 Å². The molecule has 2 aromatic rings. The molecular formula is C19H29N5S. The van der Waals surface area contributed by atoms with Crippen LogP contribution in [0.25, 0.3) is 0 Å². The first-order valence-electron chi connectivity index (χ1n) is 9.57. The van der Waals surface area contributed by atoms with E-state index in [1.807, 2.05) is 11.3 Å². The number of hydrogen-bond acceptors (Lipinski definition) is 5. The Morgan fingerprint density at radius 2 is 1.84 bits per heavy atom. The Labute approximate surface area is 154 Å². The van der Waals surface area contributed by atoms with Gasteiger partial charge < -0.3 is 4.57 Å². The molecule has 5 nitrogen and oxygen atoms in total. The van der Waals surface area contributed by atoms with E-state index in [0.717, 1.165) is 25.5 Å². The molecule has 0 radical (unpaired) electrons. The zero-order valence-electron chi connectivity index (χ0n) is 15.4. The lowest BCUT2D eigenvalue weighted by Gasteiger charge is -2.31. The van der Waals surface area contributed by atoms with E-state index in [1.54, 1.807) is 0 Å². The van der Waals surface area contributed by atoms with Crippen LogP contribution in [0.5, 0.6) is 0 Å². The van der Waals surface area contributed by atoms with Gasteiger partial charge in [-0.25, -0.2) is 0 Å². The smallest absolute Gasteiger partial charge is 0.146 e. The van der Waals surface area contributed by atoms with E-state index >= 15 is 0 Å². The molecule has 4 heterocycles. The molecule has 2 aliphatic rings. The van der Waals surface area contributed by atoms with Crippen LogP contribution in [0, 0.1) is 6.92 Å². The van der Waals surface area contributed by atoms with Crippen molar-refractivity contribution in [1.82, 2.24) is 24.6 Å². The van der Waals surface area contributed by atoms with Crippen molar-refractivity contribution < 1.29 is 0 Å². The van der Waals surface area contributed by atoms with E-state index < -0.39 is 0 Å². The third kappa shape index (κ3) is 3.96. The van der Waals surface area contributed by atoms with Gasteiger partial charge >= 0.3 is 0 Å². The lowest BCUT2D eigenvalue weighted by atomic mass is 9.97. The van der Waals surface area contributed by atoms with Gasteiger partial charge in [-0.05, 0) is 64.4 Å². The van der Waals surface area contributed by atoms with Crippen LogP contribution in [0.1, 0.15) is 53.0 Å². The van der Waals surface area contributed by atoms with E-state index in [2.05, 4.69) is 50.7 Å². The molecule has 1 atom stereocenters. The lowest BCUT2D eigenvalue weighted by molar-refractivity contribution is 0.196. The van der Waals surface area contributed by atoms with Crippen LogP contribution in [0.2, 0.25) is 0 Å². The number of aryl methyl sites for hydroxylation is 1. The summed E-state index contributed by atoms with van der Waals surface area (Å²) < 4.78 is 2.27. The third-order valence-corrected chi connectivity index (χ3v) is 6.59. The molecule has 136 valence electrons. The maximum atomic E-state index is 4.59. The highest BCUT2D eigenvalue weighted by molar-refractivity contribution is 7.11. The molecule has 0 amide bonds. The predicted octanol–water partition coefficient (Wildman–Crippen LogP) is 3.16. The molecule has 0 spiro atoms. The number of thiophene rings is 1. The number of aromatic nitrogens is 3. The van der Waals surface area contributed by atoms with Gasteiger partial charge in [0.1, 0.15) is 11.6 Å². The number of hydrogen-bond donors (Lipinski definition) is 0. The first kappa shape index (κ1) is 17.2. The van der Waals surface area contributed by atoms with Crippen LogP contribution in [0.15, 0.2) is 12.1 Å². The third-order valence-electron chi connectivity index (χ3n) is 5.61. The Morgan fingerprint density at radius 1 is 1.04 bits per heavy atom. The summed E-state index contributed by atoms with van der Waals surface area (Å²) in [5, 5.41) is 9.11. The zero-order valence-corrected chi connectivity index (χ0v) is 16.3. The fourth-order valence-electron chi connectivity index (χ4n) is 4.21. The Bertz CT molecular complexity index is 700. The maximum Gasteiger partial charge on any atom is 0.146 e. The Hall–Kier alpha value is -1.24. The van der Waals surface area contributed by atoms with E-state index in [-0.39, 0.29) is 0 Å². The van der Waals surface area contributed by atoms with Crippen molar-refractivity contribution in [2.75, 3.05) is 26.2 Å². The van der Waals surface area contributed by atoms with Crippen LogP contribution in [0.3, 0.4) is 0 Å². The van der Waals surface area contributed by atoms with Crippen molar-refractivity contribution in [1.29, 1.82) is 0 Å². The summed E-state index contributed by atoms with van der Waals surface area (Å²) in [5.41, 5.74) is 0. The van der Waals surface area contributed by atoms with E-state index in [1.165, 1.54) is 60.9 Å². The molecule has 2 aliphatic heterocycles. The summed E-state index contributed by atoms with van der Waals surface area (Å²) in [6.45, 7) is 8.94. The second-order valence-corrected chi connectivity index (χ2v) is 8.98. The molecular weight excluding hydrogens is 330 g/mol. The van der Waals surface area contributed by atoms with Gasteiger partial charge in [0, 0.05) is 35.8 Å². The Balaban J connectivity index is 1.41. The first-order chi connectivity index (χ1) is 12.2. The highest BCUT2D eigenvalue weighted by Crippen LogP contribution is 2.28. The number of likely N-dealkylation sites (tertiary alicyclic amines) is 2. The van der Waals surface area contributed by atoms with Gasteiger partial charge in [0.25, 0.3) is 0 Å². The lowest BCUT2D eigenvalue weighted by Crippen LogP contribution is -2.34. The minimum Gasteiger partial charge on any atom is -0.317 e. The van der Waals surface area contributed by atoms with Gasteiger partial charge in [0.2, 0.25) is 0 Å². The van der Waals surface area contributed by atoms with Crippen LogP contribution in [-0.2, 0) is 20.1 Å². The SMILES string of the molecule is Cc1ccc(CN2CCCC(c3nnc(CN4CCCC4)n3C)C2)s1. The maximum absolute atomic E-state index is 4.59. The van der Waals surface area contributed by atoms with Crippen LogP contribution < -0.4 is 0 Å². The minimum absolute atomic E-state index is 0.514. The van der Waals surface area contributed by atoms with E-state index in [9.17, 15) is 0 Å². The quantitative estimate of drug-likeness (QED) is 0.822. The van der Waals surface area contributed by atoms with Crippen molar-refractivity contribution in [3.8, 4) is 0 Å². The van der Waals surface area contributed by atoms with Gasteiger partial charge in [-0.1, -0.05) is 0 Å². The molecule has 25 heavy (non-hydrogen) atoms. The van der Waals surface area contributed by atoms with Crippen molar-refractivity contribution >= 4 is 11.3 Å². The standard InChI is InChI=1S/C19H29N5S/c1-15-7-8-17(25-15)13-24-11-5-6-16(12-24)19-21-20-18(22(19)2)14-23-9-3-4-10-23/h7-8,16H,3-6,9-14H2,1-2H3. The average Bonchev–Trinajstić information content (AvgIpc) is 3.33. The molecule has 4 rings (SSSR count). The molecule has 0 aliphatic carbocycles. The first-order valence-corrected chi connectivity index (χ1v) is 10.4. The summed E-state index contributed by atoms with van der Waals surface area (Å²) in [6.07, 6.45) is 5.13. The molecule has 2 saturated heterocycles. The Morgan fingerprint density at radius 3 is 2.60 bits per heavy atom. The number of piperidine rings is 1. The average molecular weight is 360 g/mol. The molecule has 0 bridgehead atoms. The Kier molecular flexibility index (Phi) is 5.20. The highest BCUT2D eigenvalue weighted by atomic mass is 32.1. The minimum atomic E-state index is 0.514. The topological polar surface area (TPSA) is 37.2 Å². The molecule has 1 unspecified atom stereocenters. The van der Waals surface area contributed by atoms with Gasteiger partial charge in [-0.15, -0.1) is 21.5 Å². The number of rotatable bonds is 5. The molecule has 0 saturated carbocycles.